The first-order valence-electron chi connectivity index (χ1n) is 3.51. The fraction of sp³-hybridized carbons (Fsp3) is 0.429. The van der Waals surface area contributed by atoms with Gasteiger partial charge in [-0.1, -0.05) is 0 Å². The SMILES string of the molecule is COCc1nc(CCl)[nH]c(=O)c1I. The molecule has 0 saturated heterocycles. The molecule has 0 aromatic carbocycles. The molecule has 6 heteroatoms. The summed E-state index contributed by atoms with van der Waals surface area (Å²) < 4.78 is 5.45. The highest BCUT2D eigenvalue weighted by atomic mass is 127. The lowest BCUT2D eigenvalue weighted by molar-refractivity contribution is 0.180. The second kappa shape index (κ2) is 4.92. The third-order valence-corrected chi connectivity index (χ3v) is 2.75. The van der Waals surface area contributed by atoms with Gasteiger partial charge in [0.2, 0.25) is 0 Å². The van der Waals surface area contributed by atoms with Crippen LogP contribution in [0.1, 0.15) is 11.5 Å². The summed E-state index contributed by atoms with van der Waals surface area (Å²) in [6, 6.07) is 0. The van der Waals surface area contributed by atoms with Crippen molar-refractivity contribution < 1.29 is 4.74 Å². The van der Waals surface area contributed by atoms with Gasteiger partial charge < -0.3 is 9.72 Å². The Morgan fingerprint density at radius 2 is 2.38 bits per heavy atom. The van der Waals surface area contributed by atoms with Crippen molar-refractivity contribution in [2.45, 2.75) is 12.5 Å². The van der Waals surface area contributed by atoms with Gasteiger partial charge in [0.15, 0.2) is 0 Å². The van der Waals surface area contributed by atoms with Gasteiger partial charge in [0.25, 0.3) is 5.56 Å². The second-order valence-corrected chi connectivity index (χ2v) is 3.69. The topological polar surface area (TPSA) is 55.0 Å². The molecular weight excluding hydrogens is 306 g/mol. The summed E-state index contributed by atoms with van der Waals surface area (Å²) in [7, 11) is 1.55. The van der Waals surface area contributed by atoms with Gasteiger partial charge in [-0.05, 0) is 22.6 Å². The van der Waals surface area contributed by atoms with E-state index in [1.165, 1.54) is 0 Å². The number of aromatic amines is 1. The van der Waals surface area contributed by atoms with E-state index in [4.69, 9.17) is 16.3 Å². The molecule has 0 spiro atoms. The number of hydrogen-bond acceptors (Lipinski definition) is 3. The molecule has 0 bridgehead atoms. The van der Waals surface area contributed by atoms with Crippen molar-refractivity contribution in [3.05, 3.63) is 25.4 Å². The van der Waals surface area contributed by atoms with E-state index in [2.05, 4.69) is 9.97 Å². The smallest absolute Gasteiger partial charge is 0.264 e. The Labute approximate surface area is 93.8 Å². The molecule has 1 aromatic rings. The van der Waals surface area contributed by atoms with E-state index in [1.54, 1.807) is 7.11 Å². The van der Waals surface area contributed by atoms with Gasteiger partial charge in [-0.2, -0.15) is 0 Å². The van der Waals surface area contributed by atoms with Crippen molar-refractivity contribution in [1.29, 1.82) is 0 Å². The van der Waals surface area contributed by atoms with Crippen LogP contribution in [0.5, 0.6) is 0 Å². The normalized spacial score (nSPS) is 10.4. The third-order valence-electron chi connectivity index (χ3n) is 1.39. The molecular formula is C7H8ClIN2O2. The van der Waals surface area contributed by atoms with Gasteiger partial charge >= 0.3 is 0 Å². The van der Waals surface area contributed by atoms with Crippen LogP contribution >= 0.6 is 34.2 Å². The number of rotatable bonds is 3. The summed E-state index contributed by atoms with van der Waals surface area (Å²) in [5.41, 5.74) is 0.459. The van der Waals surface area contributed by atoms with Crippen molar-refractivity contribution >= 4 is 34.2 Å². The molecule has 1 aromatic heterocycles. The molecule has 0 atom stereocenters. The van der Waals surface area contributed by atoms with Crippen molar-refractivity contribution in [3.63, 3.8) is 0 Å². The first-order chi connectivity index (χ1) is 6.19. The van der Waals surface area contributed by atoms with Gasteiger partial charge in [0.05, 0.1) is 18.2 Å². The largest absolute Gasteiger partial charge is 0.378 e. The van der Waals surface area contributed by atoms with Crippen molar-refractivity contribution in [1.82, 2.24) is 9.97 Å². The van der Waals surface area contributed by atoms with Crippen molar-refractivity contribution in [2.24, 2.45) is 0 Å². The standard InChI is InChI=1S/C7H8ClIN2O2/c1-13-3-4-6(9)7(12)11-5(2-8)10-4/h2-3H2,1H3,(H,10,11,12). The predicted octanol–water partition coefficient (Wildman–Crippen LogP) is 1.26. The van der Waals surface area contributed by atoms with Crippen molar-refractivity contribution in [3.8, 4) is 0 Å². The number of ether oxygens (including phenoxy) is 1. The van der Waals surface area contributed by atoms with Crippen LogP contribution in [0.2, 0.25) is 0 Å². The predicted molar refractivity (Wildman–Crippen MR) is 57.8 cm³/mol. The quantitative estimate of drug-likeness (QED) is 0.675. The molecule has 0 aliphatic rings. The number of aromatic nitrogens is 2. The molecule has 0 saturated carbocycles. The molecule has 72 valence electrons. The summed E-state index contributed by atoms with van der Waals surface area (Å²) in [6.07, 6.45) is 0. The molecule has 1 rings (SSSR count). The van der Waals surface area contributed by atoms with E-state index in [0.29, 0.717) is 21.7 Å². The first kappa shape index (κ1) is 10.9. The molecule has 0 aliphatic carbocycles. The number of nitrogens with zero attached hydrogens (tertiary/aromatic N) is 1. The maximum Gasteiger partial charge on any atom is 0.264 e. The summed E-state index contributed by atoms with van der Waals surface area (Å²) in [4.78, 5) is 18.0. The molecule has 13 heavy (non-hydrogen) atoms. The van der Waals surface area contributed by atoms with E-state index in [9.17, 15) is 4.79 Å². The van der Waals surface area contributed by atoms with Crippen molar-refractivity contribution in [2.75, 3.05) is 7.11 Å². The minimum atomic E-state index is -0.168. The first-order valence-corrected chi connectivity index (χ1v) is 5.12. The van der Waals surface area contributed by atoms with Gasteiger partial charge in [-0.15, -0.1) is 11.6 Å². The monoisotopic (exact) mass is 314 g/mol. The van der Waals surface area contributed by atoms with E-state index in [-0.39, 0.29) is 11.4 Å². The maximum atomic E-state index is 11.3. The Balaban J connectivity index is 3.17. The average molecular weight is 315 g/mol. The highest BCUT2D eigenvalue weighted by Crippen LogP contribution is 2.06. The molecule has 0 fully saturated rings. The van der Waals surface area contributed by atoms with Crippen LogP contribution in [0.15, 0.2) is 4.79 Å². The Kier molecular flexibility index (Phi) is 4.14. The van der Waals surface area contributed by atoms with Gasteiger partial charge in [-0.3, -0.25) is 4.79 Å². The van der Waals surface area contributed by atoms with Crippen LogP contribution < -0.4 is 5.56 Å². The second-order valence-electron chi connectivity index (χ2n) is 2.34. The van der Waals surface area contributed by atoms with Crippen LogP contribution in [0.25, 0.3) is 0 Å². The Bertz CT molecular complexity index is 353. The van der Waals surface area contributed by atoms with E-state index < -0.39 is 0 Å². The fourth-order valence-electron chi connectivity index (χ4n) is 0.853. The Morgan fingerprint density at radius 1 is 1.69 bits per heavy atom. The lowest BCUT2D eigenvalue weighted by Crippen LogP contribution is -2.17. The number of halogens is 2. The fourth-order valence-corrected chi connectivity index (χ4v) is 1.39. The lowest BCUT2D eigenvalue weighted by atomic mass is 10.4. The highest BCUT2D eigenvalue weighted by molar-refractivity contribution is 14.1. The zero-order valence-corrected chi connectivity index (χ0v) is 9.85. The highest BCUT2D eigenvalue weighted by Gasteiger charge is 2.07. The Hall–Kier alpha value is -0.140. The molecule has 0 amide bonds. The minimum absolute atomic E-state index is 0.168. The number of alkyl halides is 1. The van der Waals surface area contributed by atoms with E-state index >= 15 is 0 Å². The minimum Gasteiger partial charge on any atom is -0.378 e. The zero-order valence-electron chi connectivity index (χ0n) is 6.93. The number of hydrogen-bond donors (Lipinski definition) is 1. The van der Waals surface area contributed by atoms with Crippen LogP contribution in [0.3, 0.4) is 0 Å². The number of H-pyrrole nitrogens is 1. The summed E-state index contributed by atoms with van der Waals surface area (Å²) >= 11 is 7.48. The van der Waals surface area contributed by atoms with Crippen LogP contribution in [-0.2, 0) is 17.2 Å². The molecule has 4 nitrogen and oxygen atoms in total. The Morgan fingerprint density at radius 3 is 2.92 bits per heavy atom. The number of nitrogens with one attached hydrogen (secondary N) is 1. The molecule has 0 unspecified atom stereocenters. The van der Waals surface area contributed by atoms with Gasteiger partial charge in [0, 0.05) is 7.11 Å². The van der Waals surface area contributed by atoms with E-state index in [0.717, 1.165) is 0 Å². The summed E-state index contributed by atoms with van der Waals surface area (Å²) in [6.45, 7) is 0.325. The third kappa shape index (κ3) is 2.65. The van der Waals surface area contributed by atoms with Gasteiger partial charge in [0.1, 0.15) is 9.39 Å². The summed E-state index contributed by atoms with van der Waals surface area (Å²) in [5, 5.41) is 0. The maximum absolute atomic E-state index is 11.3. The van der Waals surface area contributed by atoms with Crippen LogP contribution in [0, 0.1) is 3.57 Å². The van der Waals surface area contributed by atoms with Crippen LogP contribution in [0.4, 0.5) is 0 Å². The summed E-state index contributed by atoms with van der Waals surface area (Å²) in [5.74, 6) is 0.669. The molecule has 1 heterocycles. The average Bonchev–Trinajstić information content (AvgIpc) is 2.13. The molecule has 1 N–H and O–H groups in total. The zero-order chi connectivity index (χ0) is 9.84. The molecule has 0 radical (unpaired) electrons. The van der Waals surface area contributed by atoms with Crippen LogP contribution in [-0.4, -0.2) is 17.1 Å². The van der Waals surface area contributed by atoms with E-state index in [1.807, 2.05) is 22.6 Å². The molecule has 0 aliphatic heterocycles. The lowest BCUT2D eigenvalue weighted by Gasteiger charge is -2.03. The number of methoxy groups -OCH3 is 1. The van der Waals surface area contributed by atoms with Gasteiger partial charge in [-0.25, -0.2) is 4.98 Å².